The van der Waals surface area contributed by atoms with Crippen LogP contribution in [0.3, 0.4) is 0 Å². The van der Waals surface area contributed by atoms with E-state index in [-0.39, 0.29) is 17.5 Å². The molecule has 7 nitrogen and oxygen atoms in total. The fourth-order valence-corrected chi connectivity index (χ4v) is 3.05. The molecule has 3 rings (SSSR count). The number of hydrogen-bond donors (Lipinski definition) is 2. The second-order valence-electron chi connectivity index (χ2n) is 5.75. The molecule has 2 amide bonds. The second kappa shape index (κ2) is 9.01. The number of ether oxygens (including phenoxy) is 2. The number of nitrogens with zero attached hydrogens (tertiary/aromatic N) is 1. The van der Waals surface area contributed by atoms with Gasteiger partial charge in [-0.1, -0.05) is 12.1 Å². The summed E-state index contributed by atoms with van der Waals surface area (Å²) >= 11 is 1.19. The molecule has 28 heavy (non-hydrogen) atoms. The molecule has 0 unspecified atom stereocenters. The molecule has 0 saturated heterocycles. The summed E-state index contributed by atoms with van der Waals surface area (Å²) in [5.74, 6) is 0.813. The van der Waals surface area contributed by atoms with Crippen LogP contribution in [-0.4, -0.2) is 31.0 Å². The largest absolute Gasteiger partial charge is 0.497 e. The zero-order valence-electron chi connectivity index (χ0n) is 15.4. The summed E-state index contributed by atoms with van der Waals surface area (Å²) in [6, 6.07) is 14.1. The van der Waals surface area contributed by atoms with Crippen molar-refractivity contribution < 1.29 is 19.1 Å². The number of aromatic nitrogens is 1. The topological polar surface area (TPSA) is 89.6 Å². The highest BCUT2D eigenvalue weighted by Crippen LogP contribution is 2.18. The number of nitrogens with one attached hydrogen (secondary N) is 2. The minimum absolute atomic E-state index is 0.253. The van der Waals surface area contributed by atoms with Gasteiger partial charge in [0.2, 0.25) is 0 Å². The van der Waals surface area contributed by atoms with Crippen LogP contribution in [0.15, 0.2) is 53.9 Å². The maximum absolute atomic E-state index is 12.3. The van der Waals surface area contributed by atoms with Crippen molar-refractivity contribution in [1.82, 2.24) is 10.3 Å². The molecule has 0 spiro atoms. The lowest BCUT2D eigenvalue weighted by Gasteiger charge is -2.05. The number of thiazole rings is 1. The van der Waals surface area contributed by atoms with Crippen molar-refractivity contribution in [2.24, 2.45) is 0 Å². The van der Waals surface area contributed by atoms with Crippen molar-refractivity contribution in [3.8, 4) is 11.5 Å². The van der Waals surface area contributed by atoms with Gasteiger partial charge in [-0.05, 0) is 42.0 Å². The van der Waals surface area contributed by atoms with E-state index in [9.17, 15) is 9.59 Å². The Morgan fingerprint density at radius 1 is 0.929 bits per heavy atom. The molecule has 0 fully saturated rings. The Kier molecular flexibility index (Phi) is 6.23. The first-order chi connectivity index (χ1) is 13.6. The van der Waals surface area contributed by atoms with Gasteiger partial charge in [0.15, 0.2) is 5.13 Å². The van der Waals surface area contributed by atoms with Crippen molar-refractivity contribution in [2.45, 2.75) is 6.54 Å². The van der Waals surface area contributed by atoms with Crippen LogP contribution in [0.25, 0.3) is 0 Å². The Morgan fingerprint density at radius 3 is 2.14 bits per heavy atom. The molecule has 3 aromatic rings. The van der Waals surface area contributed by atoms with E-state index in [2.05, 4.69) is 15.6 Å². The van der Waals surface area contributed by atoms with E-state index in [1.165, 1.54) is 11.3 Å². The Balaban J connectivity index is 1.56. The predicted molar refractivity (Wildman–Crippen MR) is 107 cm³/mol. The zero-order chi connectivity index (χ0) is 19.9. The van der Waals surface area contributed by atoms with Crippen molar-refractivity contribution in [2.75, 3.05) is 19.5 Å². The normalized spacial score (nSPS) is 10.2. The Bertz CT molecular complexity index is 952. The molecule has 0 bridgehead atoms. The second-order valence-corrected chi connectivity index (χ2v) is 6.61. The smallest absolute Gasteiger partial charge is 0.271 e. The molecule has 1 heterocycles. The van der Waals surface area contributed by atoms with Gasteiger partial charge in [-0.3, -0.25) is 14.9 Å². The first-order valence-corrected chi connectivity index (χ1v) is 9.29. The molecule has 1 aromatic heterocycles. The van der Waals surface area contributed by atoms with Crippen LogP contribution < -0.4 is 20.1 Å². The molecule has 144 valence electrons. The highest BCUT2D eigenvalue weighted by Gasteiger charge is 2.13. The third kappa shape index (κ3) is 4.86. The van der Waals surface area contributed by atoms with Gasteiger partial charge in [-0.2, -0.15) is 0 Å². The van der Waals surface area contributed by atoms with Crippen LogP contribution in [0, 0.1) is 0 Å². The fraction of sp³-hybridized carbons (Fsp3) is 0.150. The highest BCUT2D eigenvalue weighted by atomic mass is 32.1. The van der Waals surface area contributed by atoms with Crippen molar-refractivity contribution in [1.29, 1.82) is 0 Å². The Hall–Kier alpha value is -3.39. The van der Waals surface area contributed by atoms with Crippen molar-refractivity contribution in [3.05, 3.63) is 70.7 Å². The van der Waals surface area contributed by atoms with E-state index >= 15 is 0 Å². The zero-order valence-corrected chi connectivity index (χ0v) is 16.2. The fourth-order valence-electron chi connectivity index (χ4n) is 2.36. The van der Waals surface area contributed by atoms with Crippen LogP contribution in [-0.2, 0) is 6.54 Å². The monoisotopic (exact) mass is 397 g/mol. The molecule has 0 radical (unpaired) electrons. The van der Waals surface area contributed by atoms with Gasteiger partial charge in [0.25, 0.3) is 11.8 Å². The average molecular weight is 397 g/mol. The molecule has 0 aliphatic carbocycles. The molecular formula is C20H19N3O4S. The number of carbonyl (C=O) groups excluding carboxylic acids is 2. The van der Waals surface area contributed by atoms with E-state index in [1.54, 1.807) is 43.9 Å². The summed E-state index contributed by atoms with van der Waals surface area (Å²) in [4.78, 5) is 28.7. The van der Waals surface area contributed by atoms with Crippen LogP contribution in [0.5, 0.6) is 11.5 Å². The number of methoxy groups -OCH3 is 2. The minimum Gasteiger partial charge on any atom is -0.497 e. The predicted octanol–water partition coefficient (Wildman–Crippen LogP) is 3.34. The lowest BCUT2D eigenvalue weighted by atomic mass is 10.2. The summed E-state index contributed by atoms with van der Waals surface area (Å²) in [5, 5.41) is 7.45. The molecule has 0 aliphatic rings. The maximum Gasteiger partial charge on any atom is 0.271 e. The molecule has 2 aromatic carbocycles. The first-order valence-electron chi connectivity index (χ1n) is 8.41. The number of rotatable bonds is 7. The Morgan fingerprint density at radius 2 is 1.54 bits per heavy atom. The summed E-state index contributed by atoms with van der Waals surface area (Å²) in [6.45, 7) is 0.369. The number of hydrogen-bond acceptors (Lipinski definition) is 6. The van der Waals surface area contributed by atoms with Gasteiger partial charge in [0.05, 0.1) is 14.2 Å². The van der Waals surface area contributed by atoms with Gasteiger partial charge in [0, 0.05) is 17.5 Å². The van der Waals surface area contributed by atoms with E-state index in [0.717, 1.165) is 11.3 Å². The number of amides is 2. The molecular weight excluding hydrogens is 378 g/mol. The molecule has 8 heteroatoms. The van der Waals surface area contributed by atoms with E-state index in [0.29, 0.717) is 23.0 Å². The Labute approximate surface area is 166 Å². The SMILES string of the molecule is COc1ccc(CNC(=O)c2csc(NC(=O)c3ccc(OC)cc3)n2)cc1. The van der Waals surface area contributed by atoms with Gasteiger partial charge < -0.3 is 14.8 Å². The van der Waals surface area contributed by atoms with E-state index in [1.807, 2.05) is 24.3 Å². The molecule has 0 saturated carbocycles. The van der Waals surface area contributed by atoms with Crippen molar-refractivity contribution in [3.63, 3.8) is 0 Å². The third-order valence-corrected chi connectivity index (χ3v) is 4.68. The number of carbonyl (C=O) groups is 2. The lowest BCUT2D eigenvalue weighted by molar-refractivity contribution is 0.0945. The molecule has 0 atom stereocenters. The number of anilines is 1. The third-order valence-electron chi connectivity index (χ3n) is 3.92. The van der Waals surface area contributed by atoms with Gasteiger partial charge in [-0.25, -0.2) is 4.98 Å². The van der Waals surface area contributed by atoms with Crippen molar-refractivity contribution >= 4 is 28.3 Å². The first kappa shape index (κ1) is 19.4. The number of benzene rings is 2. The summed E-state index contributed by atoms with van der Waals surface area (Å²) in [6.07, 6.45) is 0. The standard InChI is InChI=1S/C20H19N3O4S/c1-26-15-7-3-13(4-8-15)11-21-19(25)17-12-28-20(22-17)23-18(24)14-5-9-16(27-2)10-6-14/h3-10,12H,11H2,1-2H3,(H,21,25)(H,22,23,24). The van der Waals surface area contributed by atoms with E-state index < -0.39 is 0 Å². The quantitative estimate of drug-likeness (QED) is 0.638. The molecule has 0 aliphatic heterocycles. The minimum atomic E-state index is -0.308. The lowest BCUT2D eigenvalue weighted by Crippen LogP contribution is -2.23. The maximum atomic E-state index is 12.3. The summed E-state index contributed by atoms with van der Waals surface area (Å²) in [5.41, 5.74) is 1.67. The highest BCUT2D eigenvalue weighted by molar-refractivity contribution is 7.14. The van der Waals surface area contributed by atoms with Crippen LogP contribution >= 0.6 is 11.3 Å². The van der Waals surface area contributed by atoms with Gasteiger partial charge in [0.1, 0.15) is 17.2 Å². The van der Waals surface area contributed by atoms with Gasteiger partial charge >= 0.3 is 0 Å². The summed E-state index contributed by atoms with van der Waals surface area (Å²) in [7, 11) is 3.16. The molecule has 2 N–H and O–H groups in total. The summed E-state index contributed by atoms with van der Waals surface area (Å²) < 4.78 is 10.2. The van der Waals surface area contributed by atoms with Crippen LogP contribution in [0.4, 0.5) is 5.13 Å². The van der Waals surface area contributed by atoms with Crippen LogP contribution in [0.2, 0.25) is 0 Å². The van der Waals surface area contributed by atoms with Crippen LogP contribution in [0.1, 0.15) is 26.4 Å². The van der Waals surface area contributed by atoms with E-state index in [4.69, 9.17) is 9.47 Å². The average Bonchev–Trinajstić information content (AvgIpc) is 3.21. The van der Waals surface area contributed by atoms with Gasteiger partial charge in [-0.15, -0.1) is 11.3 Å².